The fraction of sp³-hybridized carbons (Fsp3) is 0.619. The lowest BCUT2D eigenvalue weighted by Crippen LogP contribution is -2.36. The van der Waals surface area contributed by atoms with Crippen molar-refractivity contribution in [2.45, 2.75) is 52.7 Å². The highest BCUT2D eigenvalue weighted by Gasteiger charge is 2.23. The first-order valence-corrected chi connectivity index (χ1v) is 9.82. The minimum atomic E-state index is -0.0836. The van der Waals surface area contributed by atoms with Gasteiger partial charge in [0.05, 0.1) is 6.10 Å². The molecule has 1 heterocycles. The Bertz CT molecular complexity index is 652. The molecule has 2 rings (SSSR count). The minimum Gasteiger partial charge on any atom is -0.377 e. The van der Waals surface area contributed by atoms with Crippen LogP contribution in [-0.2, 0) is 20.9 Å². The SMILES string of the molecule is CCC(=O)N(Cc1cc(NC(=O)C(C)C)ccc1N(C)C)C[C@@H]1CCCO1. The maximum Gasteiger partial charge on any atom is 0.226 e. The van der Waals surface area contributed by atoms with E-state index in [0.717, 1.165) is 36.4 Å². The van der Waals surface area contributed by atoms with Crippen molar-refractivity contribution in [3.8, 4) is 0 Å². The summed E-state index contributed by atoms with van der Waals surface area (Å²) in [5, 5.41) is 2.95. The van der Waals surface area contributed by atoms with E-state index >= 15 is 0 Å². The second-order valence-corrected chi connectivity index (χ2v) is 7.64. The molecule has 0 bridgehead atoms. The highest BCUT2D eigenvalue weighted by molar-refractivity contribution is 5.92. The monoisotopic (exact) mass is 375 g/mol. The van der Waals surface area contributed by atoms with Gasteiger partial charge in [0.15, 0.2) is 0 Å². The van der Waals surface area contributed by atoms with Gasteiger partial charge >= 0.3 is 0 Å². The van der Waals surface area contributed by atoms with E-state index in [-0.39, 0.29) is 23.8 Å². The van der Waals surface area contributed by atoms with E-state index in [0.29, 0.717) is 19.5 Å². The van der Waals surface area contributed by atoms with Crippen molar-refractivity contribution >= 4 is 23.2 Å². The molecule has 2 amide bonds. The molecule has 1 N–H and O–H groups in total. The van der Waals surface area contributed by atoms with Crippen molar-refractivity contribution in [3.63, 3.8) is 0 Å². The van der Waals surface area contributed by atoms with Crippen molar-refractivity contribution < 1.29 is 14.3 Å². The number of nitrogens with one attached hydrogen (secondary N) is 1. The predicted molar refractivity (Wildman–Crippen MR) is 109 cm³/mol. The maximum atomic E-state index is 12.5. The van der Waals surface area contributed by atoms with Gasteiger partial charge < -0.3 is 19.9 Å². The van der Waals surface area contributed by atoms with Gasteiger partial charge in [-0.2, -0.15) is 0 Å². The lowest BCUT2D eigenvalue weighted by Gasteiger charge is -2.28. The van der Waals surface area contributed by atoms with E-state index in [4.69, 9.17) is 4.74 Å². The summed E-state index contributed by atoms with van der Waals surface area (Å²) in [6, 6.07) is 5.87. The number of hydrogen-bond donors (Lipinski definition) is 1. The molecule has 0 saturated carbocycles. The molecule has 1 aliphatic rings. The Kier molecular flexibility index (Phi) is 7.66. The van der Waals surface area contributed by atoms with Gasteiger partial charge in [-0.25, -0.2) is 0 Å². The molecule has 0 radical (unpaired) electrons. The van der Waals surface area contributed by atoms with Gasteiger partial charge in [0.1, 0.15) is 0 Å². The number of ether oxygens (including phenoxy) is 1. The Labute approximate surface area is 162 Å². The molecule has 1 fully saturated rings. The molecule has 0 unspecified atom stereocenters. The van der Waals surface area contributed by atoms with Crippen LogP contribution >= 0.6 is 0 Å². The van der Waals surface area contributed by atoms with Crippen molar-refractivity contribution in [2.24, 2.45) is 5.92 Å². The van der Waals surface area contributed by atoms with Gasteiger partial charge in [-0.15, -0.1) is 0 Å². The number of nitrogens with zero attached hydrogens (tertiary/aromatic N) is 2. The third-order valence-electron chi connectivity index (χ3n) is 4.82. The zero-order valence-corrected chi connectivity index (χ0v) is 17.2. The molecule has 1 atom stereocenters. The van der Waals surface area contributed by atoms with E-state index in [1.807, 2.05) is 62.9 Å². The summed E-state index contributed by atoms with van der Waals surface area (Å²) in [7, 11) is 3.97. The smallest absolute Gasteiger partial charge is 0.226 e. The number of benzene rings is 1. The van der Waals surface area contributed by atoms with Crippen molar-refractivity contribution in [2.75, 3.05) is 37.5 Å². The number of carbonyl (C=O) groups is 2. The Morgan fingerprint density at radius 3 is 2.59 bits per heavy atom. The molecule has 6 heteroatoms. The van der Waals surface area contributed by atoms with Gasteiger partial charge in [0, 0.05) is 57.5 Å². The fourth-order valence-electron chi connectivity index (χ4n) is 3.23. The van der Waals surface area contributed by atoms with E-state index in [1.54, 1.807) is 0 Å². The van der Waals surface area contributed by atoms with Gasteiger partial charge in [-0.1, -0.05) is 20.8 Å². The fourth-order valence-corrected chi connectivity index (χ4v) is 3.23. The van der Waals surface area contributed by atoms with Crippen LogP contribution < -0.4 is 10.2 Å². The van der Waals surface area contributed by atoms with Crippen LogP contribution in [0.25, 0.3) is 0 Å². The molecule has 150 valence electrons. The quantitative estimate of drug-likeness (QED) is 0.758. The third kappa shape index (κ3) is 5.96. The lowest BCUT2D eigenvalue weighted by atomic mass is 10.1. The molecule has 27 heavy (non-hydrogen) atoms. The summed E-state index contributed by atoms with van der Waals surface area (Å²) in [5.41, 5.74) is 2.82. The van der Waals surface area contributed by atoms with Crippen molar-refractivity contribution in [1.82, 2.24) is 4.90 Å². The summed E-state index contributed by atoms with van der Waals surface area (Å²) < 4.78 is 5.73. The number of hydrogen-bond acceptors (Lipinski definition) is 4. The Morgan fingerprint density at radius 1 is 1.30 bits per heavy atom. The lowest BCUT2D eigenvalue weighted by molar-refractivity contribution is -0.133. The van der Waals surface area contributed by atoms with Crippen LogP contribution in [0.15, 0.2) is 18.2 Å². The van der Waals surface area contributed by atoms with Gasteiger partial charge in [0.25, 0.3) is 0 Å². The highest BCUT2D eigenvalue weighted by Crippen LogP contribution is 2.26. The molecule has 1 saturated heterocycles. The normalized spacial score (nSPS) is 16.4. The Morgan fingerprint density at radius 2 is 2.04 bits per heavy atom. The first-order chi connectivity index (χ1) is 12.8. The van der Waals surface area contributed by atoms with Gasteiger partial charge in [-0.05, 0) is 36.6 Å². The van der Waals surface area contributed by atoms with Gasteiger partial charge in [0.2, 0.25) is 11.8 Å². The number of anilines is 2. The zero-order chi connectivity index (χ0) is 20.0. The summed E-state index contributed by atoms with van der Waals surface area (Å²) in [6.07, 6.45) is 2.64. The minimum absolute atomic E-state index is 0.0144. The van der Waals surface area contributed by atoms with Crippen LogP contribution in [-0.4, -0.2) is 50.1 Å². The van der Waals surface area contributed by atoms with Crippen LogP contribution in [0, 0.1) is 5.92 Å². The van der Waals surface area contributed by atoms with Crippen LogP contribution in [0.4, 0.5) is 11.4 Å². The maximum absolute atomic E-state index is 12.5. The third-order valence-corrected chi connectivity index (χ3v) is 4.82. The predicted octanol–water partition coefficient (Wildman–Crippen LogP) is 3.26. The van der Waals surface area contributed by atoms with E-state index in [1.165, 1.54) is 0 Å². The summed E-state index contributed by atoms with van der Waals surface area (Å²) in [6.45, 7) is 7.52. The molecule has 1 aromatic rings. The molecule has 0 spiro atoms. The molecule has 0 aromatic heterocycles. The molecule has 1 aromatic carbocycles. The standard InChI is InChI=1S/C21H33N3O3/c1-6-20(25)24(14-18-8-7-11-27-18)13-16-12-17(22-21(26)15(2)3)9-10-19(16)23(4)5/h9-10,12,15,18H,6-8,11,13-14H2,1-5H3,(H,22,26)/t18-/m0/s1. The van der Waals surface area contributed by atoms with Crippen molar-refractivity contribution in [1.29, 1.82) is 0 Å². The number of amides is 2. The topological polar surface area (TPSA) is 61.9 Å². The summed E-state index contributed by atoms with van der Waals surface area (Å²) in [4.78, 5) is 28.5. The molecule has 0 aliphatic carbocycles. The van der Waals surface area contributed by atoms with E-state index in [2.05, 4.69) is 5.32 Å². The van der Waals surface area contributed by atoms with Gasteiger partial charge in [-0.3, -0.25) is 9.59 Å². The molecular formula is C21H33N3O3. The average molecular weight is 376 g/mol. The summed E-state index contributed by atoms with van der Waals surface area (Å²) in [5.74, 6) is 0.0193. The largest absolute Gasteiger partial charge is 0.377 e. The molecular weight excluding hydrogens is 342 g/mol. The average Bonchev–Trinajstić information content (AvgIpc) is 3.13. The second-order valence-electron chi connectivity index (χ2n) is 7.64. The van der Waals surface area contributed by atoms with Crippen LogP contribution in [0.2, 0.25) is 0 Å². The van der Waals surface area contributed by atoms with Crippen LogP contribution in [0.3, 0.4) is 0 Å². The second kappa shape index (κ2) is 9.74. The molecule has 1 aliphatic heterocycles. The van der Waals surface area contributed by atoms with Crippen molar-refractivity contribution in [3.05, 3.63) is 23.8 Å². The van der Waals surface area contributed by atoms with Crippen LogP contribution in [0.5, 0.6) is 0 Å². The first kappa shape index (κ1) is 21.2. The van der Waals surface area contributed by atoms with Crippen LogP contribution in [0.1, 0.15) is 45.6 Å². The summed E-state index contributed by atoms with van der Waals surface area (Å²) >= 11 is 0. The molecule has 6 nitrogen and oxygen atoms in total. The Balaban J connectivity index is 2.25. The zero-order valence-electron chi connectivity index (χ0n) is 17.2. The van der Waals surface area contributed by atoms with E-state index in [9.17, 15) is 9.59 Å². The number of rotatable bonds is 8. The number of carbonyl (C=O) groups excluding carboxylic acids is 2. The first-order valence-electron chi connectivity index (χ1n) is 9.82. The highest BCUT2D eigenvalue weighted by atomic mass is 16.5. The Hall–Kier alpha value is -2.08. The van der Waals surface area contributed by atoms with E-state index < -0.39 is 0 Å².